The lowest BCUT2D eigenvalue weighted by Crippen LogP contribution is -2.37. The van der Waals surface area contributed by atoms with E-state index in [1.807, 2.05) is 19.1 Å². The van der Waals surface area contributed by atoms with Gasteiger partial charge >= 0.3 is 0 Å². The molecule has 0 fully saturated rings. The van der Waals surface area contributed by atoms with Gasteiger partial charge in [0.1, 0.15) is 5.75 Å². The number of furan rings is 1. The Morgan fingerprint density at radius 3 is 2.29 bits per heavy atom. The molecule has 0 aliphatic carbocycles. The molecular weight excluding hydrogens is 506 g/mol. The molecule has 0 unspecified atom stereocenters. The van der Waals surface area contributed by atoms with Crippen LogP contribution in [0.4, 0.5) is 11.6 Å². The van der Waals surface area contributed by atoms with Gasteiger partial charge in [0.25, 0.3) is 11.9 Å². The van der Waals surface area contributed by atoms with Gasteiger partial charge in [-0.1, -0.05) is 43.9 Å². The fraction of sp³-hybridized carbons (Fsp3) is 0.385. The van der Waals surface area contributed by atoms with Crippen molar-refractivity contribution in [2.75, 3.05) is 37.5 Å². The average molecular weight is 542 g/mol. The van der Waals surface area contributed by atoms with Crippen LogP contribution < -0.4 is 35.3 Å². The summed E-state index contributed by atoms with van der Waals surface area (Å²) in [4.78, 5) is 35.4. The number of rotatable bonds is 11. The minimum absolute atomic E-state index is 0.00175. The second-order valence-electron chi connectivity index (χ2n) is 9.51. The minimum atomic E-state index is -1.54. The molecule has 0 saturated carbocycles. The van der Waals surface area contributed by atoms with Gasteiger partial charge in [-0.25, -0.2) is 0 Å². The Balaban J connectivity index is 1.86. The molecule has 204 valence electrons. The van der Waals surface area contributed by atoms with Crippen LogP contribution in [-0.4, -0.2) is 57.2 Å². The second-order valence-corrected chi connectivity index (χ2v) is 14.6. The van der Waals surface area contributed by atoms with Gasteiger partial charge in [-0.3, -0.25) is 14.5 Å². The van der Waals surface area contributed by atoms with Crippen LogP contribution in [-0.2, 0) is 4.79 Å². The molecule has 3 N–H and O–H groups in total. The highest BCUT2D eigenvalue weighted by molar-refractivity contribution is 6.88. The summed E-state index contributed by atoms with van der Waals surface area (Å²) in [6, 6.07) is 9.24. The van der Waals surface area contributed by atoms with Gasteiger partial charge in [0.15, 0.2) is 11.4 Å². The van der Waals surface area contributed by atoms with Crippen molar-refractivity contribution in [3.05, 3.63) is 41.7 Å². The number of amides is 2. The molecule has 0 saturated heterocycles. The predicted octanol–water partition coefficient (Wildman–Crippen LogP) is 3.69. The number of ether oxygens (including phenoxy) is 3. The molecule has 0 spiro atoms. The van der Waals surface area contributed by atoms with E-state index in [0.717, 1.165) is 5.56 Å². The number of aryl methyl sites for hydroxylation is 1. The molecule has 3 aromatic rings. The molecule has 0 atom stereocenters. The van der Waals surface area contributed by atoms with Gasteiger partial charge in [0.05, 0.1) is 22.3 Å². The number of hydrogen-bond acceptors (Lipinski definition) is 9. The van der Waals surface area contributed by atoms with Gasteiger partial charge in [-0.15, -0.1) is 0 Å². The van der Waals surface area contributed by atoms with Crippen molar-refractivity contribution >= 4 is 36.7 Å². The summed E-state index contributed by atoms with van der Waals surface area (Å²) in [5, 5.41) is 3.92. The Kier molecular flexibility index (Phi) is 9.12. The molecule has 0 radical (unpaired) electrons. The predicted molar refractivity (Wildman–Crippen MR) is 148 cm³/mol. The van der Waals surface area contributed by atoms with Crippen LogP contribution in [0.1, 0.15) is 29.5 Å². The van der Waals surface area contributed by atoms with Crippen molar-refractivity contribution < 1.29 is 28.2 Å². The van der Waals surface area contributed by atoms with Crippen molar-refractivity contribution in [1.29, 1.82) is 0 Å². The third-order valence-electron chi connectivity index (χ3n) is 5.72. The minimum Gasteiger partial charge on any atom is -0.479 e. The number of aromatic nitrogens is 2. The Morgan fingerprint density at radius 2 is 1.74 bits per heavy atom. The van der Waals surface area contributed by atoms with Gasteiger partial charge < -0.3 is 29.7 Å². The summed E-state index contributed by atoms with van der Waals surface area (Å²) in [7, 11) is 1.22. The lowest BCUT2D eigenvalue weighted by molar-refractivity contribution is -0.118. The van der Waals surface area contributed by atoms with Crippen molar-refractivity contribution in [3.8, 4) is 23.5 Å². The first-order valence-electron chi connectivity index (χ1n) is 12.2. The molecule has 0 aliphatic rings. The smallest absolute Gasteiger partial charge is 0.291 e. The zero-order valence-corrected chi connectivity index (χ0v) is 23.9. The van der Waals surface area contributed by atoms with Crippen molar-refractivity contribution in [2.24, 2.45) is 5.73 Å². The number of nitrogens with two attached hydrogens (primary N) is 1. The average Bonchev–Trinajstić information content (AvgIpc) is 3.36. The number of carbonyl (C=O) groups excluding carboxylic acids is 2. The third-order valence-corrected chi connectivity index (χ3v) is 7.77. The van der Waals surface area contributed by atoms with Crippen molar-refractivity contribution in [1.82, 2.24) is 9.97 Å². The van der Waals surface area contributed by atoms with E-state index in [1.165, 1.54) is 30.4 Å². The van der Waals surface area contributed by atoms with Crippen LogP contribution >= 0.6 is 0 Å². The largest absolute Gasteiger partial charge is 0.479 e. The zero-order chi connectivity index (χ0) is 28.0. The molecule has 1 aromatic carbocycles. The van der Waals surface area contributed by atoms with E-state index in [9.17, 15) is 9.59 Å². The lowest BCUT2D eigenvalue weighted by Gasteiger charge is -2.21. The maximum atomic E-state index is 13.0. The van der Waals surface area contributed by atoms with E-state index >= 15 is 0 Å². The number of nitrogens with zero attached hydrogens (tertiary/aromatic N) is 3. The molecule has 12 heteroatoms. The van der Waals surface area contributed by atoms with Gasteiger partial charge in [0.2, 0.25) is 23.6 Å². The summed E-state index contributed by atoms with van der Waals surface area (Å²) in [5.74, 6) is 0.0979. The molecule has 0 bridgehead atoms. The Hall–Kier alpha value is -3.90. The lowest BCUT2D eigenvalue weighted by atomic mass is 10.2. The first-order chi connectivity index (χ1) is 18.0. The quantitative estimate of drug-likeness (QED) is 0.348. The highest BCUT2D eigenvalue weighted by Gasteiger charge is 2.25. The molecule has 38 heavy (non-hydrogen) atoms. The van der Waals surface area contributed by atoms with Gasteiger partial charge in [0, 0.05) is 25.6 Å². The zero-order valence-electron chi connectivity index (χ0n) is 22.9. The van der Waals surface area contributed by atoms with Crippen LogP contribution in [0, 0.1) is 6.92 Å². The number of carbonyl (C=O) groups is 2. The van der Waals surface area contributed by atoms with E-state index in [1.54, 1.807) is 13.0 Å². The summed E-state index contributed by atoms with van der Waals surface area (Å²) in [6.45, 7) is 10.9. The topological polar surface area (TPSA) is 142 Å². The summed E-state index contributed by atoms with van der Waals surface area (Å²) < 4.78 is 22.4. The van der Waals surface area contributed by atoms with Crippen LogP contribution in [0.5, 0.6) is 23.5 Å². The van der Waals surface area contributed by atoms with E-state index in [2.05, 4.69) is 41.0 Å². The van der Waals surface area contributed by atoms with E-state index in [-0.39, 0.29) is 60.5 Å². The maximum absolute atomic E-state index is 13.0. The number of methoxy groups -OCH3 is 2. The van der Waals surface area contributed by atoms with E-state index in [4.69, 9.17) is 24.4 Å². The summed E-state index contributed by atoms with van der Waals surface area (Å²) >= 11 is 0. The van der Waals surface area contributed by atoms with E-state index in [0.29, 0.717) is 5.75 Å². The van der Waals surface area contributed by atoms with Crippen LogP contribution in [0.25, 0.3) is 0 Å². The van der Waals surface area contributed by atoms with Crippen molar-refractivity contribution in [2.45, 2.75) is 39.9 Å². The number of anilines is 2. The van der Waals surface area contributed by atoms with Crippen LogP contribution in [0.15, 0.2) is 34.7 Å². The van der Waals surface area contributed by atoms with Crippen LogP contribution in [0.3, 0.4) is 0 Å². The van der Waals surface area contributed by atoms with Gasteiger partial charge in [-0.05, 0) is 24.6 Å². The molecule has 2 amide bonds. The monoisotopic (exact) mass is 541 g/mol. The number of nitrogens with one attached hydrogen (secondary N) is 1. The fourth-order valence-corrected chi connectivity index (χ4v) is 4.69. The number of hydrogen-bond donors (Lipinski definition) is 2. The Bertz CT molecular complexity index is 1280. The fourth-order valence-electron chi connectivity index (χ4n) is 3.55. The summed E-state index contributed by atoms with van der Waals surface area (Å²) in [5.41, 5.74) is 6.69. The Morgan fingerprint density at radius 1 is 1.08 bits per heavy atom. The van der Waals surface area contributed by atoms with Crippen LogP contribution in [0.2, 0.25) is 19.6 Å². The first-order valence-corrected chi connectivity index (χ1v) is 15.7. The normalized spacial score (nSPS) is 11.2. The first kappa shape index (κ1) is 28.7. The SMILES string of the molecule is CCC(=O)N(CCN)c1nc(OC)c(NC(=O)c2ccc(Oc3cc([Si](C)(C)C)ccc3C)o2)c(OC)n1. The standard InChI is InChI=1S/C26H35N5O6Si/c1-8-20(32)31(14-13-27)26-29-24(34-3)22(25(30-26)35-4)28-23(33)18-11-12-21(36-18)37-19-15-17(38(5,6)7)10-9-16(19)2/h9-12,15H,8,13-14,27H2,1-7H3,(H,28,33). The molecular formula is C26H35N5O6Si. The molecule has 2 heterocycles. The molecule has 3 rings (SSSR count). The van der Waals surface area contributed by atoms with Gasteiger partial charge in [-0.2, -0.15) is 9.97 Å². The highest BCUT2D eigenvalue weighted by atomic mass is 28.3. The molecule has 0 aliphatic heterocycles. The molecule has 2 aromatic heterocycles. The van der Waals surface area contributed by atoms with E-state index < -0.39 is 14.0 Å². The second kappa shape index (κ2) is 12.1. The van der Waals surface area contributed by atoms with Crippen molar-refractivity contribution in [3.63, 3.8) is 0 Å². The molecule has 11 nitrogen and oxygen atoms in total. The third kappa shape index (κ3) is 6.50. The highest BCUT2D eigenvalue weighted by Crippen LogP contribution is 2.34. The number of benzene rings is 1. The summed E-state index contributed by atoms with van der Waals surface area (Å²) in [6.07, 6.45) is 0.233. The Labute approximate surface area is 223 Å². The maximum Gasteiger partial charge on any atom is 0.291 e.